The lowest BCUT2D eigenvalue weighted by molar-refractivity contribution is 0.602. The first kappa shape index (κ1) is 11.9. The van der Waals surface area contributed by atoms with Crippen molar-refractivity contribution in [3.63, 3.8) is 0 Å². The molecule has 3 heteroatoms. The highest BCUT2D eigenvalue weighted by atomic mass is 35.5. The molecule has 1 N–H and O–H groups in total. The summed E-state index contributed by atoms with van der Waals surface area (Å²) in [5, 5.41) is 4.10. The van der Waals surface area contributed by atoms with E-state index in [9.17, 15) is 0 Å². The van der Waals surface area contributed by atoms with Gasteiger partial charge in [0, 0.05) is 21.7 Å². The van der Waals surface area contributed by atoms with Crippen molar-refractivity contribution in [1.82, 2.24) is 5.32 Å². The lowest BCUT2D eigenvalue weighted by Gasteiger charge is -2.12. The molecule has 0 aromatic heterocycles. The van der Waals surface area contributed by atoms with E-state index >= 15 is 0 Å². The van der Waals surface area contributed by atoms with Gasteiger partial charge in [-0.05, 0) is 31.7 Å². The molecule has 0 heterocycles. The Bertz CT molecular complexity index is 274. The van der Waals surface area contributed by atoms with Crippen LogP contribution in [0.2, 0.25) is 5.02 Å². The van der Waals surface area contributed by atoms with E-state index in [1.807, 2.05) is 37.0 Å². The number of hydrogen-bond acceptors (Lipinski definition) is 2. The van der Waals surface area contributed by atoms with Crippen LogP contribution in [-0.4, -0.2) is 18.8 Å². The number of benzene rings is 1. The molecule has 1 aromatic carbocycles. The van der Waals surface area contributed by atoms with Crippen LogP contribution in [0.3, 0.4) is 0 Å². The van der Waals surface area contributed by atoms with Gasteiger partial charge >= 0.3 is 0 Å². The molecule has 14 heavy (non-hydrogen) atoms. The molecule has 0 aliphatic carbocycles. The molecule has 1 atom stereocenters. The van der Waals surface area contributed by atoms with Crippen molar-refractivity contribution in [2.75, 3.05) is 12.8 Å². The number of thioether (sulfide) groups is 1. The highest BCUT2D eigenvalue weighted by Gasteiger charge is 2.03. The summed E-state index contributed by atoms with van der Waals surface area (Å²) in [6, 6.07) is 8.58. The van der Waals surface area contributed by atoms with Gasteiger partial charge in [-0.1, -0.05) is 24.6 Å². The van der Waals surface area contributed by atoms with E-state index in [0.717, 1.165) is 17.2 Å². The molecule has 0 radical (unpaired) electrons. The molecule has 1 aromatic rings. The van der Waals surface area contributed by atoms with E-state index in [1.165, 1.54) is 4.90 Å². The summed E-state index contributed by atoms with van der Waals surface area (Å²) in [4.78, 5) is 1.24. The van der Waals surface area contributed by atoms with Gasteiger partial charge in [0.1, 0.15) is 0 Å². The third-order valence-corrected chi connectivity index (χ3v) is 3.54. The van der Waals surface area contributed by atoms with E-state index in [-0.39, 0.29) is 0 Å². The smallest absolute Gasteiger partial charge is 0.0417 e. The lowest BCUT2D eigenvalue weighted by Crippen LogP contribution is -2.26. The molecule has 0 bridgehead atoms. The molecule has 0 saturated carbocycles. The number of halogens is 1. The maximum absolute atomic E-state index is 5.90. The summed E-state index contributed by atoms with van der Waals surface area (Å²) in [6.45, 7) is 2.19. The van der Waals surface area contributed by atoms with Crippen LogP contribution in [-0.2, 0) is 0 Å². The summed E-state index contributed by atoms with van der Waals surface area (Å²) < 4.78 is 0. The van der Waals surface area contributed by atoms with Crippen molar-refractivity contribution >= 4 is 23.4 Å². The highest BCUT2D eigenvalue weighted by molar-refractivity contribution is 7.99. The maximum Gasteiger partial charge on any atom is 0.0417 e. The summed E-state index contributed by atoms with van der Waals surface area (Å²) in [7, 11) is 2.01. The standard InChI is InChI=1S/C11H16ClNS/c1-3-10(13-2)8-14-11-6-4-5-9(12)7-11/h4-7,10,13H,3,8H2,1-2H3. The minimum atomic E-state index is 0.582. The van der Waals surface area contributed by atoms with Crippen LogP contribution in [0.1, 0.15) is 13.3 Å². The summed E-state index contributed by atoms with van der Waals surface area (Å²) in [5.74, 6) is 1.09. The Morgan fingerprint density at radius 2 is 2.29 bits per heavy atom. The third-order valence-electron chi connectivity index (χ3n) is 2.15. The number of rotatable bonds is 5. The molecule has 1 unspecified atom stereocenters. The summed E-state index contributed by atoms with van der Waals surface area (Å²) in [6.07, 6.45) is 1.16. The fraction of sp³-hybridized carbons (Fsp3) is 0.455. The first-order valence-corrected chi connectivity index (χ1v) is 6.18. The average molecular weight is 230 g/mol. The van der Waals surface area contributed by atoms with Crippen molar-refractivity contribution in [3.8, 4) is 0 Å². The van der Waals surface area contributed by atoms with Crippen molar-refractivity contribution in [2.24, 2.45) is 0 Å². The molecule has 0 aliphatic rings. The van der Waals surface area contributed by atoms with Gasteiger partial charge in [-0.2, -0.15) is 0 Å². The second-order valence-corrected chi connectivity index (χ2v) is 4.69. The van der Waals surface area contributed by atoms with Gasteiger partial charge < -0.3 is 5.32 Å². The second kappa shape index (κ2) is 6.33. The maximum atomic E-state index is 5.90. The lowest BCUT2D eigenvalue weighted by atomic mass is 10.3. The molecule has 1 nitrogen and oxygen atoms in total. The van der Waals surface area contributed by atoms with Crippen LogP contribution < -0.4 is 5.32 Å². The topological polar surface area (TPSA) is 12.0 Å². The largest absolute Gasteiger partial charge is 0.316 e. The van der Waals surface area contributed by atoms with Gasteiger partial charge in [0.15, 0.2) is 0 Å². The normalized spacial score (nSPS) is 12.8. The van der Waals surface area contributed by atoms with E-state index in [2.05, 4.69) is 18.3 Å². The molecule has 78 valence electrons. The van der Waals surface area contributed by atoms with Gasteiger partial charge in [0.05, 0.1) is 0 Å². The Labute approximate surface area is 95.2 Å². The third kappa shape index (κ3) is 3.91. The van der Waals surface area contributed by atoms with E-state index < -0.39 is 0 Å². The minimum Gasteiger partial charge on any atom is -0.316 e. The molecule has 0 aliphatic heterocycles. The molecular weight excluding hydrogens is 214 g/mol. The number of nitrogens with one attached hydrogen (secondary N) is 1. The average Bonchev–Trinajstić information content (AvgIpc) is 2.19. The van der Waals surface area contributed by atoms with E-state index in [1.54, 1.807) is 0 Å². The van der Waals surface area contributed by atoms with Crippen LogP contribution in [0.15, 0.2) is 29.2 Å². The summed E-state index contributed by atoms with van der Waals surface area (Å²) in [5.41, 5.74) is 0. The zero-order chi connectivity index (χ0) is 10.4. The molecule has 0 fully saturated rings. The molecular formula is C11H16ClNS. The number of hydrogen-bond donors (Lipinski definition) is 1. The predicted octanol–water partition coefficient (Wildman–Crippen LogP) is 3.43. The van der Waals surface area contributed by atoms with Gasteiger partial charge in [0.2, 0.25) is 0 Å². The highest BCUT2D eigenvalue weighted by Crippen LogP contribution is 2.22. The molecule has 0 spiro atoms. The Hall–Kier alpha value is -0.180. The zero-order valence-electron chi connectivity index (χ0n) is 8.59. The van der Waals surface area contributed by atoms with Crippen molar-refractivity contribution < 1.29 is 0 Å². The van der Waals surface area contributed by atoms with Crippen molar-refractivity contribution in [1.29, 1.82) is 0 Å². The SMILES string of the molecule is CCC(CSc1cccc(Cl)c1)NC. The second-order valence-electron chi connectivity index (χ2n) is 3.16. The van der Waals surface area contributed by atoms with Crippen LogP contribution in [0.4, 0.5) is 0 Å². The Morgan fingerprint density at radius 3 is 2.86 bits per heavy atom. The minimum absolute atomic E-state index is 0.582. The predicted molar refractivity (Wildman–Crippen MR) is 65.3 cm³/mol. The van der Waals surface area contributed by atoms with Crippen molar-refractivity contribution in [2.45, 2.75) is 24.3 Å². The Kier molecular flexibility index (Phi) is 5.38. The van der Waals surface area contributed by atoms with E-state index in [4.69, 9.17) is 11.6 Å². The van der Waals surface area contributed by atoms with Gasteiger partial charge in [0.25, 0.3) is 0 Å². The van der Waals surface area contributed by atoms with Crippen molar-refractivity contribution in [3.05, 3.63) is 29.3 Å². The van der Waals surface area contributed by atoms with Crippen LogP contribution in [0, 0.1) is 0 Å². The summed E-state index contributed by atoms with van der Waals surface area (Å²) >= 11 is 7.74. The van der Waals surface area contributed by atoms with Gasteiger partial charge in [-0.25, -0.2) is 0 Å². The van der Waals surface area contributed by atoms with Gasteiger partial charge in [-0.15, -0.1) is 11.8 Å². The van der Waals surface area contributed by atoms with Crippen LogP contribution >= 0.6 is 23.4 Å². The van der Waals surface area contributed by atoms with Crippen LogP contribution in [0.5, 0.6) is 0 Å². The van der Waals surface area contributed by atoms with E-state index in [0.29, 0.717) is 6.04 Å². The quantitative estimate of drug-likeness (QED) is 0.777. The molecule has 0 saturated heterocycles. The fourth-order valence-electron chi connectivity index (χ4n) is 1.16. The van der Waals surface area contributed by atoms with Crippen LogP contribution in [0.25, 0.3) is 0 Å². The zero-order valence-corrected chi connectivity index (χ0v) is 10.2. The first-order chi connectivity index (χ1) is 6.76. The molecule has 1 rings (SSSR count). The van der Waals surface area contributed by atoms with Gasteiger partial charge in [-0.3, -0.25) is 0 Å². The fourth-order valence-corrected chi connectivity index (χ4v) is 2.59. The first-order valence-electron chi connectivity index (χ1n) is 4.82. The monoisotopic (exact) mass is 229 g/mol. The molecule has 0 amide bonds. The Morgan fingerprint density at radius 1 is 1.50 bits per heavy atom. The Balaban J connectivity index is 2.44.